The quantitative estimate of drug-likeness (QED) is 0.714. The Balaban J connectivity index is 0.000000882. The number of hydrogen-bond donors (Lipinski definition) is 0. The first kappa shape index (κ1) is 19.1. The van der Waals surface area contributed by atoms with Crippen molar-refractivity contribution in [3.8, 4) is 10.6 Å². The Kier molecular flexibility index (Phi) is 6.65. The van der Waals surface area contributed by atoms with Crippen LogP contribution in [0, 0.1) is 0 Å². The Bertz CT molecular complexity index is 741. The Morgan fingerprint density at radius 3 is 2.35 bits per heavy atom. The average molecular weight is 334 g/mol. The van der Waals surface area contributed by atoms with E-state index in [0.29, 0.717) is 0 Å². The normalized spacial score (nSPS) is 13.1. The van der Waals surface area contributed by atoms with E-state index in [1.807, 2.05) is 0 Å². The van der Waals surface area contributed by atoms with Gasteiger partial charge in [0.25, 0.3) is 0 Å². The predicted molar refractivity (Wildman–Crippen MR) is 97.3 cm³/mol. The van der Waals surface area contributed by atoms with Crippen LogP contribution in [-0.4, -0.2) is 34.5 Å². The summed E-state index contributed by atoms with van der Waals surface area (Å²) in [6.07, 6.45) is 2.59. The van der Waals surface area contributed by atoms with Gasteiger partial charge in [-0.05, 0) is 36.4 Å². The molecule has 6 N–H and O–H groups in total. The van der Waals surface area contributed by atoms with E-state index in [-0.39, 0.29) is 16.4 Å². The number of fused-ring (bicyclic) bond motifs is 1. The van der Waals surface area contributed by atoms with E-state index >= 15 is 0 Å². The number of rotatable bonds is 2. The van der Waals surface area contributed by atoms with Crippen LogP contribution in [0.2, 0.25) is 0 Å². The Morgan fingerprint density at radius 2 is 1.65 bits per heavy atom. The van der Waals surface area contributed by atoms with Gasteiger partial charge in [0.05, 0.1) is 16.1 Å². The fraction of sp³-hybridized carbons (Fsp3) is 0.235. The summed E-state index contributed by atoms with van der Waals surface area (Å²) in [7, 11) is 0. The molecule has 1 saturated heterocycles. The minimum absolute atomic E-state index is 0. The van der Waals surface area contributed by atoms with Crippen molar-refractivity contribution in [1.82, 2.24) is 4.98 Å². The number of pyridine rings is 1. The Hall–Kier alpha value is -1.99. The van der Waals surface area contributed by atoms with Gasteiger partial charge >= 0.3 is 0 Å². The second-order valence-electron chi connectivity index (χ2n) is 5.22. The summed E-state index contributed by atoms with van der Waals surface area (Å²) >= 11 is 1.75. The van der Waals surface area contributed by atoms with Crippen LogP contribution in [0.4, 0.5) is 5.69 Å². The summed E-state index contributed by atoms with van der Waals surface area (Å²) < 4.78 is 0. The zero-order valence-corrected chi connectivity index (χ0v) is 13.6. The molecule has 2 aromatic heterocycles. The Labute approximate surface area is 139 Å². The monoisotopic (exact) mass is 334 g/mol. The average Bonchev–Trinajstić information content (AvgIpc) is 3.19. The number of para-hydroxylation sites is 1. The molecular weight excluding hydrogens is 312 g/mol. The van der Waals surface area contributed by atoms with Crippen LogP contribution in [0.3, 0.4) is 0 Å². The number of nitrogens with zero attached hydrogens (tertiary/aromatic N) is 2. The van der Waals surface area contributed by atoms with Crippen LogP contribution in [0.5, 0.6) is 0 Å². The van der Waals surface area contributed by atoms with Crippen LogP contribution < -0.4 is 4.90 Å². The van der Waals surface area contributed by atoms with Gasteiger partial charge in [0.15, 0.2) is 0 Å². The highest BCUT2D eigenvalue weighted by molar-refractivity contribution is 7.13. The first-order chi connectivity index (χ1) is 9.92. The highest BCUT2D eigenvalue weighted by Crippen LogP contribution is 2.33. The van der Waals surface area contributed by atoms with Crippen molar-refractivity contribution in [2.24, 2.45) is 0 Å². The van der Waals surface area contributed by atoms with Crippen LogP contribution in [0.15, 0.2) is 47.8 Å². The van der Waals surface area contributed by atoms with Gasteiger partial charge in [0.1, 0.15) is 0 Å². The molecule has 0 unspecified atom stereocenters. The molecule has 4 rings (SSSR count). The number of anilines is 1. The zero-order valence-electron chi connectivity index (χ0n) is 12.7. The molecule has 1 aliphatic rings. The molecule has 5 nitrogen and oxygen atoms in total. The third-order valence-electron chi connectivity index (χ3n) is 3.91. The van der Waals surface area contributed by atoms with Crippen molar-refractivity contribution in [2.45, 2.75) is 12.8 Å². The lowest BCUT2D eigenvalue weighted by atomic mass is 10.1. The summed E-state index contributed by atoms with van der Waals surface area (Å²) in [5.74, 6) is 0. The highest BCUT2D eigenvalue weighted by Gasteiger charge is 2.17. The number of benzene rings is 1. The lowest BCUT2D eigenvalue weighted by molar-refractivity contribution is 0.823. The second kappa shape index (κ2) is 8.03. The lowest BCUT2D eigenvalue weighted by Gasteiger charge is -2.20. The summed E-state index contributed by atoms with van der Waals surface area (Å²) in [6.45, 7) is 2.33. The maximum absolute atomic E-state index is 4.83. The minimum Gasteiger partial charge on any atom is -0.412 e. The first-order valence-electron chi connectivity index (χ1n) is 7.10. The summed E-state index contributed by atoms with van der Waals surface area (Å²) in [5.41, 5.74) is 3.54. The molecule has 6 heteroatoms. The van der Waals surface area contributed by atoms with Crippen molar-refractivity contribution in [1.29, 1.82) is 0 Å². The highest BCUT2D eigenvalue weighted by atomic mass is 32.1. The van der Waals surface area contributed by atoms with Crippen LogP contribution in [0.1, 0.15) is 12.8 Å². The molecule has 1 fully saturated rings. The van der Waals surface area contributed by atoms with Gasteiger partial charge < -0.3 is 21.3 Å². The smallest absolute Gasteiger partial charge is 0.0830 e. The number of hydrogen-bond acceptors (Lipinski definition) is 3. The van der Waals surface area contributed by atoms with Crippen LogP contribution in [-0.2, 0) is 0 Å². The number of aromatic nitrogens is 1. The van der Waals surface area contributed by atoms with E-state index in [2.05, 4.69) is 52.7 Å². The van der Waals surface area contributed by atoms with Gasteiger partial charge in [-0.1, -0.05) is 24.3 Å². The van der Waals surface area contributed by atoms with E-state index in [0.717, 1.165) is 24.3 Å². The SMILES string of the molecule is O.O.O.c1csc(-c2cc(N3CCCC3)c3ccccc3n2)c1. The van der Waals surface area contributed by atoms with Gasteiger partial charge in [-0.25, -0.2) is 4.98 Å². The molecular formula is C17H22N2O3S. The fourth-order valence-corrected chi connectivity index (χ4v) is 3.61. The molecule has 0 spiro atoms. The lowest BCUT2D eigenvalue weighted by Crippen LogP contribution is -2.18. The third-order valence-corrected chi connectivity index (χ3v) is 4.81. The van der Waals surface area contributed by atoms with Gasteiger partial charge in [-0.2, -0.15) is 0 Å². The summed E-state index contributed by atoms with van der Waals surface area (Å²) in [5, 5.41) is 3.39. The molecule has 0 aliphatic carbocycles. The Morgan fingerprint density at radius 1 is 0.913 bits per heavy atom. The van der Waals surface area contributed by atoms with Crippen molar-refractivity contribution in [3.05, 3.63) is 47.8 Å². The molecule has 3 aromatic rings. The molecule has 0 atom stereocenters. The minimum atomic E-state index is 0. The van der Waals surface area contributed by atoms with Crippen molar-refractivity contribution >= 4 is 27.9 Å². The predicted octanol–water partition coefficient (Wildman–Crippen LogP) is 2.09. The van der Waals surface area contributed by atoms with Gasteiger partial charge in [0, 0.05) is 24.2 Å². The first-order valence-corrected chi connectivity index (χ1v) is 7.98. The van der Waals surface area contributed by atoms with Gasteiger partial charge in [-0.3, -0.25) is 0 Å². The molecule has 23 heavy (non-hydrogen) atoms. The summed E-state index contributed by atoms with van der Waals surface area (Å²) in [6, 6.07) is 15.0. The van der Waals surface area contributed by atoms with E-state index in [4.69, 9.17) is 4.98 Å². The molecule has 1 aromatic carbocycles. The van der Waals surface area contributed by atoms with E-state index in [9.17, 15) is 0 Å². The standard InChI is InChI=1S/C17H16N2S.3H2O/c1-2-7-14-13(6-1)16(19-9-3-4-10-19)12-15(18-14)17-8-5-11-20-17;;;/h1-2,5-8,11-12H,3-4,9-10H2;3*1H2. The maximum atomic E-state index is 4.83. The molecule has 0 bridgehead atoms. The van der Waals surface area contributed by atoms with E-state index in [1.165, 1.54) is 28.8 Å². The molecule has 0 saturated carbocycles. The molecule has 3 heterocycles. The molecule has 0 amide bonds. The van der Waals surface area contributed by atoms with E-state index in [1.54, 1.807) is 11.3 Å². The molecule has 124 valence electrons. The second-order valence-corrected chi connectivity index (χ2v) is 6.16. The topological polar surface area (TPSA) is 111 Å². The fourth-order valence-electron chi connectivity index (χ4n) is 2.93. The largest absolute Gasteiger partial charge is 0.412 e. The zero-order chi connectivity index (χ0) is 13.4. The van der Waals surface area contributed by atoms with Crippen molar-refractivity contribution < 1.29 is 16.4 Å². The maximum Gasteiger partial charge on any atom is 0.0830 e. The summed E-state index contributed by atoms with van der Waals surface area (Å²) in [4.78, 5) is 8.58. The van der Waals surface area contributed by atoms with Crippen molar-refractivity contribution in [3.63, 3.8) is 0 Å². The van der Waals surface area contributed by atoms with Crippen LogP contribution in [0.25, 0.3) is 21.5 Å². The van der Waals surface area contributed by atoms with Crippen LogP contribution >= 0.6 is 11.3 Å². The van der Waals surface area contributed by atoms with E-state index < -0.39 is 0 Å². The number of thiophene rings is 1. The van der Waals surface area contributed by atoms with Gasteiger partial charge in [-0.15, -0.1) is 11.3 Å². The molecule has 0 radical (unpaired) electrons. The molecule has 1 aliphatic heterocycles. The van der Waals surface area contributed by atoms with Gasteiger partial charge in [0.2, 0.25) is 0 Å². The van der Waals surface area contributed by atoms with Crippen molar-refractivity contribution in [2.75, 3.05) is 18.0 Å². The third kappa shape index (κ3) is 3.51.